The van der Waals surface area contributed by atoms with Gasteiger partial charge < -0.3 is 9.80 Å². The van der Waals surface area contributed by atoms with Gasteiger partial charge in [-0.3, -0.25) is 9.59 Å². The second-order valence-corrected chi connectivity index (χ2v) is 9.23. The van der Waals surface area contributed by atoms with E-state index < -0.39 is 16.5 Å². The van der Waals surface area contributed by atoms with Crippen LogP contribution in [0, 0.1) is 18.6 Å². The highest BCUT2D eigenvalue weighted by atomic mass is 32.2. The van der Waals surface area contributed by atoms with E-state index in [-0.39, 0.29) is 18.4 Å². The zero-order chi connectivity index (χ0) is 22.5. The highest BCUT2D eigenvalue weighted by molar-refractivity contribution is 8.01. The van der Waals surface area contributed by atoms with E-state index in [0.29, 0.717) is 34.7 Å². The molecule has 3 aromatic rings. The molecule has 32 heavy (non-hydrogen) atoms. The summed E-state index contributed by atoms with van der Waals surface area (Å²) in [5.74, 6) is -0.891. The van der Waals surface area contributed by atoms with Crippen molar-refractivity contribution in [3.8, 4) is 0 Å². The van der Waals surface area contributed by atoms with Crippen LogP contribution in [-0.4, -0.2) is 29.0 Å². The van der Waals surface area contributed by atoms with Crippen molar-refractivity contribution >= 4 is 29.3 Å². The van der Waals surface area contributed by atoms with Gasteiger partial charge in [-0.15, -0.1) is 11.8 Å². The maximum Gasteiger partial charge on any atom is 0.268 e. The number of hydrogen-bond acceptors (Lipinski definition) is 3. The average Bonchev–Trinajstić information content (AvgIpc) is 3.31. The Hall–Kier alpha value is -3.19. The maximum atomic E-state index is 14.4. The first-order valence-electron chi connectivity index (χ1n) is 10.3. The number of thioether (sulfide) groups is 1. The van der Waals surface area contributed by atoms with Crippen LogP contribution in [0.5, 0.6) is 0 Å². The van der Waals surface area contributed by atoms with E-state index in [0.717, 1.165) is 5.56 Å². The van der Waals surface area contributed by atoms with E-state index >= 15 is 0 Å². The third-order valence-electron chi connectivity index (χ3n) is 6.01. The molecule has 4 nitrogen and oxygen atoms in total. The normalized spacial score (nSPS) is 19.7. The number of anilines is 1. The van der Waals surface area contributed by atoms with E-state index in [1.165, 1.54) is 40.9 Å². The van der Waals surface area contributed by atoms with Crippen molar-refractivity contribution in [2.75, 3.05) is 17.2 Å². The van der Waals surface area contributed by atoms with E-state index in [1.54, 1.807) is 35.2 Å². The zero-order valence-corrected chi connectivity index (χ0v) is 18.2. The van der Waals surface area contributed by atoms with Gasteiger partial charge in [-0.1, -0.05) is 30.3 Å². The van der Waals surface area contributed by atoms with Crippen LogP contribution < -0.4 is 4.90 Å². The highest BCUT2D eigenvalue weighted by Gasteiger charge is 2.59. The lowest BCUT2D eigenvalue weighted by Crippen LogP contribution is -2.50. The van der Waals surface area contributed by atoms with Gasteiger partial charge in [0.15, 0.2) is 4.87 Å². The van der Waals surface area contributed by atoms with Crippen LogP contribution in [0.15, 0.2) is 66.7 Å². The Morgan fingerprint density at radius 3 is 2.59 bits per heavy atom. The average molecular weight is 451 g/mol. The fraction of sp³-hybridized carbons (Fsp3) is 0.200. The molecule has 162 valence electrons. The maximum absolute atomic E-state index is 14.4. The van der Waals surface area contributed by atoms with E-state index in [9.17, 15) is 18.4 Å². The minimum absolute atomic E-state index is 0.129. The van der Waals surface area contributed by atoms with E-state index in [4.69, 9.17) is 0 Å². The fourth-order valence-electron chi connectivity index (χ4n) is 4.52. The van der Waals surface area contributed by atoms with Crippen molar-refractivity contribution in [1.82, 2.24) is 4.90 Å². The Balaban J connectivity index is 1.61. The first-order chi connectivity index (χ1) is 15.4. The molecule has 1 fully saturated rings. The van der Waals surface area contributed by atoms with Crippen LogP contribution in [0.3, 0.4) is 0 Å². The first-order valence-corrected chi connectivity index (χ1v) is 11.3. The molecule has 0 aromatic heterocycles. The van der Waals surface area contributed by atoms with Crippen LogP contribution in [0.1, 0.15) is 27.0 Å². The van der Waals surface area contributed by atoms with Gasteiger partial charge in [0, 0.05) is 23.4 Å². The third-order valence-corrected chi connectivity index (χ3v) is 7.43. The Morgan fingerprint density at radius 2 is 1.81 bits per heavy atom. The van der Waals surface area contributed by atoms with Crippen LogP contribution in [0.2, 0.25) is 0 Å². The molecule has 0 radical (unpaired) electrons. The molecular weight excluding hydrogens is 430 g/mol. The lowest BCUT2D eigenvalue weighted by Gasteiger charge is -2.33. The van der Waals surface area contributed by atoms with Gasteiger partial charge >= 0.3 is 0 Å². The van der Waals surface area contributed by atoms with Crippen molar-refractivity contribution in [3.63, 3.8) is 0 Å². The summed E-state index contributed by atoms with van der Waals surface area (Å²) in [6.45, 7) is 2.35. The van der Waals surface area contributed by atoms with Crippen molar-refractivity contribution in [2.24, 2.45) is 0 Å². The second kappa shape index (κ2) is 7.74. The van der Waals surface area contributed by atoms with Crippen molar-refractivity contribution in [3.05, 3.63) is 101 Å². The van der Waals surface area contributed by atoms with E-state index in [2.05, 4.69) is 0 Å². The van der Waals surface area contributed by atoms with Crippen LogP contribution in [-0.2, 0) is 16.2 Å². The quantitative estimate of drug-likeness (QED) is 0.572. The molecule has 3 aromatic carbocycles. The van der Waals surface area contributed by atoms with Crippen LogP contribution in [0.25, 0.3) is 0 Å². The summed E-state index contributed by atoms with van der Waals surface area (Å²) in [5, 5.41) is 0. The minimum atomic E-state index is -1.34. The molecule has 0 aliphatic carbocycles. The second-order valence-electron chi connectivity index (χ2n) is 7.95. The molecule has 2 aliphatic rings. The number of carbonyl (C=O) groups excluding carboxylic acids is 2. The topological polar surface area (TPSA) is 40.6 Å². The molecule has 5 rings (SSSR count). The molecule has 1 saturated heterocycles. The van der Waals surface area contributed by atoms with Crippen molar-refractivity contribution in [1.29, 1.82) is 0 Å². The Kier molecular flexibility index (Phi) is 5.01. The smallest absolute Gasteiger partial charge is 0.268 e. The Labute approximate surface area is 188 Å². The molecule has 1 atom stereocenters. The van der Waals surface area contributed by atoms with Gasteiger partial charge in [-0.25, -0.2) is 8.78 Å². The van der Waals surface area contributed by atoms with Crippen molar-refractivity contribution in [2.45, 2.75) is 18.3 Å². The van der Waals surface area contributed by atoms with Crippen molar-refractivity contribution < 1.29 is 18.4 Å². The van der Waals surface area contributed by atoms with Gasteiger partial charge in [-0.05, 0) is 54.4 Å². The number of amides is 2. The number of hydrogen-bond donors (Lipinski definition) is 0. The number of benzene rings is 3. The largest absolute Gasteiger partial charge is 0.311 e. The molecule has 2 heterocycles. The molecule has 1 spiro atoms. The summed E-state index contributed by atoms with van der Waals surface area (Å²) in [4.78, 5) is 29.2. The van der Waals surface area contributed by atoms with Gasteiger partial charge in [0.2, 0.25) is 0 Å². The number of nitrogens with zero attached hydrogens (tertiary/aromatic N) is 2. The lowest BCUT2D eigenvalue weighted by atomic mass is 10.0. The number of fused-ring (bicyclic) bond motifs is 2. The molecule has 2 aliphatic heterocycles. The number of rotatable bonds is 3. The number of aryl methyl sites for hydroxylation is 1. The summed E-state index contributed by atoms with van der Waals surface area (Å²) < 4.78 is 28.1. The summed E-state index contributed by atoms with van der Waals surface area (Å²) in [6, 6.07) is 17.5. The predicted molar refractivity (Wildman–Crippen MR) is 120 cm³/mol. The standard InChI is InChI=1S/C25H20F2N2O2S/c1-16-5-2-3-8-20(16)23(30)29-11-12-32-25(29)21-14-19(27)9-10-22(21)28(24(25)31)15-17-6-4-7-18(26)13-17/h2-10,13-14H,11-12,15H2,1H3/t25-/m0/s1. The summed E-state index contributed by atoms with van der Waals surface area (Å²) in [7, 11) is 0. The summed E-state index contributed by atoms with van der Waals surface area (Å²) in [6.07, 6.45) is 0. The van der Waals surface area contributed by atoms with Gasteiger partial charge in [0.25, 0.3) is 11.8 Å². The Morgan fingerprint density at radius 1 is 1.03 bits per heavy atom. The number of halogens is 2. The summed E-state index contributed by atoms with van der Waals surface area (Å²) in [5.41, 5.74) is 2.95. The monoisotopic (exact) mass is 450 g/mol. The molecule has 0 N–H and O–H groups in total. The predicted octanol–water partition coefficient (Wildman–Crippen LogP) is 4.86. The number of carbonyl (C=O) groups is 2. The zero-order valence-electron chi connectivity index (χ0n) is 17.3. The highest BCUT2D eigenvalue weighted by Crippen LogP contribution is 2.55. The van der Waals surface area contributed by atoms with Gasteiger partial charge in [-0.2, -0.15) is 0 Å². The van der Waals surface area contributed by atoms with Crippen LogP contribution >= 0.6 is 11.8 Å². The first kappa shape index (κ1) is 20.7. The molecule has 7 heteroatoms. The molecule has 0 unspecified atom stereocenters. The molecule has 0 bridgehead atoms. The molecule has 2 amide bonds. The SMILES string of the molecule is Cc1ccccc1C(=O)N1CCS[C@@]12C(=O)N(Cc1cccc(F)c1)c1ccc(F)cc12. The summed E-state index contributed by atoms with van der Waals surface area (Å²) >= 11 is 1.34. The molecular formula is C25H20F2N2O2S. The Bertz CT molecular complexity index is 1250. The van der Waals surface area contributed by atoms with Gasteiger partial charge in [0.05, 0.1) is 12.2 Å². The fourth-order valence-corrected chi connectivity index (χ4v) is 5.97. The van der Waals surface area contributed by atoms with Gasteiger partial charge in [0.1, 0.15) is 11.6 Å². The van der Waals surface area contributed by atoms with E-state index in [1.807, 2.05) is 19.1 Å². The lowest BCUT2D eigenvalue weighted by molar-refractivity contribution is -0.123. The van der Waals surface area contributed by atoms with Crippen LogP contribution in [0.4, 0.5) is 14.5 Å². The third kappa shape index (κ3) is 3.11. The molecule has 0 saturated carbocycles. The minimum Gasteiger partial charge on any atom is -0.311 e.